The molecule has 0 radical (unpaired) electrons. The van der Waals surface area contributed by atoms with E-state index in [0.717, 1.165) is 13.1 Å². The zero-order valence-electron chi connectivity index (χ0n) is 14.4. The van der Waals surface area contributed by atoms with E-state index < -0.39 is 25.8 Å². The van der Waals surface area contributed by atoms with Crippen molar-refractivity contribution in [1.29, 1.82) is 5.26 Å². The number of hydrogen-bond donors (Lipinski definition) is 1. The fraction of sp³-hybridized carbons (Fsp3) is 0.667. The molecule has 1 aliphatic heterocycles. The Balaban J connectivity index is 0.000000821. The summed E-state index contributed by atoms with van der Waals surface area (Å²) in [4.78, 5) is 16.4. The fourth-order valence-corrected chi connectivity index (χ4v) is 1.45. The maximum atomic E-state index is 11.3. The fourth-order valence-electron chi connectivity index (χ4n) is 1.45. The molecule has 0 aromatic rings. The standard InChI is InChI=1S/C12H18N4O4.F6P/c1-3-14-9-16-5-6-19-11(8-16)20-15-10(7-13)12(17)18-4-2;1-7(2,3,4,5)6/h9,11H,3-6,8H2,1-2H3;/q;-1/p+1/b15-10-;. The van der Waals surface area contributed by atoms with E-state index in [-0.39, 0.29) is 6.61 Å². The molecule has 1 rings (SSSR count). The van der Waals surface area contributed by atoms with Gasteiger partial charge in [0, 0.05) is 0 Å². The summed E-state index contributed by atoms with van der Waals surface area (Å²) in [6, 6.07) is 1.63. The summed E-state index contributed by atoms with van der Waals surface area (Å²) in [6.45, 7) is 6.30. The molecule has 0 bridgehead atoms. The van der Waals surface area contributed by atoms with Crippen LogP contribution in [0.1, 0.15) is 13.8 Å². The number of nitriles is 1. The van der Waals surface area contributed by atoms with Crippen molar-refractivity contribution in [3.8, 4) is 6.07 Å². The van der Waals surface area contributed by atoms with Gasteiger partial charge in [0.05, 0.1) is 19.8 Å². The van der Waals surface area contributed by atoms with Gasteiger partial charge in [-0.3, -0.25) is 9.89 Å². The van der Waals surface area contributed by atoms with Crippen LogP contribution in [0, 0.1) is 11.3 Å². The second kappa shape index (κ2) is 9.18. The Labute approximate surface area is 150 Å². The zero-order chi connectivity index (χ0) is 21.2. The average Bonchev–Trinajstić information content (AvgIpc) is 2.51. The molecule has 8 nitrogen and oxygen atoms in total. The molecule has 1 N–H and O–H groups in total. The van der Waals surface area contributed by atoms with Gasteiger partial charge in [0.25, 0.3) is 12.0 Å². The zero-order valence-corrected chi connectivity index (χ0v) is 15.3. The molecule has 0 amide bonds. The van der Waals surface area contributed by atoms with Crippen molar-refractivity contribution in [2.75, 3.05) is 32.8 Å². The number of morpholine rings is 1. The molecule has 1 saturated heterocycles. The van der Waals surface area contributed by atoms with Gasteiger partial charge in [-0.15, -0.1) is 0 Å². The molecule has 0 saturated carbocycles. The molecule has 1 aliphatic rings. The molecular weight excluding hydrogens is 409 g/mol. The minimum atomic E-state index is -10.7. The minimum absolute atomic E-state index is 0.172. The molecule has 0 aliphatic carbocycles. The average molecular weight is 428 g/mol. The number of ether oxygens (including phenoxy) is 2. The van der Waals surface area contributed by atoms with E-state index in [1.54, 1.807) is 13.0 Å². The van der Waals surface area contributed by atoms with Gasteiger partial charge < -0.3 is 14.3 Å². The van der Waals surface area contributed by atoms with E-state index in [1.165, 1.54) is 0 Å². The Morgan fingerprint density at radius 2 is 1.96 bits per heavy atom. The van der Waals surface area contributed by atoms with E-state index in [9.17, 15) is 30.0 Å². The van der Waals surface area contributed by atoms with Crippen LogP contribution in [-0.2, 0) is 19.1 Å². The van der Waals surface area contributed by atoms with E-state index in [4.69, 9.17) is 14.8 Å². The second-order valence-corrected chi connectivity index (χ2v) is 6.73. The van der Waals surface area contributed by atoms with Crippen LogP contribution in [0.5, 0.6) is 0 Å². The summed E-state index contributed by atoms with van der Waals surface area (Å²) in [7, 11) is -10.7. The first-order valence-electron chi connectivity index (χ1n) is 7.46. The second-order valence-electron chi connectivity index (χ2n) is 4.82. The third-order valence-electron chi connectivity index (χ3n) is 2.38. The van der Waals surface area contributed by atoms with Gasteiger partial charge in [0.1, 0.15) is 19.2 Å². The number of rotatable bonds is 6. The number of carbonyl (C=O) groups is 1. The quantitative estimate of drug-likeness (QED) is 0.133. The van der Waals surface area contributed by atoms with Gasteiger partial charge in [-0.1, -0.05) is 5.16 Å². The predicted molar refractivity (Wildman–Crippen MR) is 83.8 cm³/mol. The molecule has 1 unspecified atom stereocenters. The number of carbonyl (C=O) groups excluding carboxylic acids is 1. The molecule has 27 heavy (non-hydrogen) atoms. The van der Waals surface area contributed by atoms with Crippen LogP contribution >= 0.6 is 7.81 Å². The van der Waals surface area contributed by atoms with E-state index >= 15 is 0 Å². The number of hydrogen-bond acceptors (Lipinski definition) is 6. The van der Waals surface area contributed by atoms with Crippen LogP contribution in [-0.4, -0.2) is 61.7 Å². The first-order valence-corrected chi connectivity index (χ1v) is 9.48. The summed E-state index contributed by atoms with van der Waals surface area (Å²) >= 11 is 0. The summed E-state index contributed by atoms with van der Waals surface area (Å²) in [5, 5.41) is 15.4. The number of nitrogens with one attached hydrogen (secondary N) is 1. The topological polar surface area (TPSA) is 96.0 Å². The normalized spacial score (nSPS) is 21.7. The summed E-state index contributed by atoms with van der Waals surface area (Å²) in [5.74, 6) is -0.804. The van der Waals surface area contributed by atoms with Crippen LogP contribution < -0.4 is 5.32 Å². The predicted octanol–water partition coefficient (Wildman–Crippen LogP) is 2.83. The molecule has 158 valence electrons. The first-order chi connectivity index (χ1) is 12.2. The van der Waals surface area contributed by atoms with Crippen molar-refractivity contribution in [2.45, 2.75) is 20.1 Å². The van der Waals surface area contributed by atoms with Crippen molar-refractivity contribution < 1.29 is 48.9 Å². The molecule has 1 atom stereocenters. The van der Waals surface area contributed by atoms with Gasteiger partial charge in [-0.05, 0) is 13.8 Å². The Bertz CT molecular complexity index is 606. The van der Waals surface area contributed by atoms with Gasteiger partial charge in [-0.25, -0.2) is 4.79 Å². The molecule has 1 heterocycles. The number of nitrogens with zero attached hydrogens (tertiary/aromatic N) is 3. The summed E-state index contributed by atoms with van der Waals surface area (Å²) in [5.41, 5.74) is -0.428. The summed E-state index contributed by atoms with van der Waals surface area (Å²) < 4.78 is 71.2. The third-order valence-corrected chi connectivity index (χ3v) is 2.38. The Morgan fingerprint density at radius 3 is 2.44 bits per heavy atom. The molecule has 1 fully saturated rings. The number of esters is 1. The first kappa shape index (κ1) is 24.9. The molecule has 0 aromatic carbocycles. The molecular formula is C12H19F6N4O4P. The molecule has 15 heteroatoms. The van der Waals surface area contributed by atoms with Crippen LogP contribution in [0.2, 0.25) is 0 Å². The van der Waals surface area contributed by atoms with Gasteiger partial charge >= 0.3 is 39.0 Å². The van der Waals surface area contributed by atoms with E-state index in [2.05, 4.69) is 15.2 Å². The van der Waals surface area contributed by atoms with Gasteiger partial charge in [0.15, 0.2) is 0 Å². The third kappa shape index (κ3) is 17.1. The number of oxime groups is 1. The van der Waals surface area contributed by atoms with E-state index in [0.29, 0.717) is 13.2 Å². The van der Waals surface area contributed by atoms with Crippen LogP contribution in [0.4, 0.5) is 25.2 Å². The molecule has 0 aromatic heterocycles. The van der Waals surface area contributed by atoms with Crippen molar-refractivity contribution in [1.82, 2.24) is 5.32 Å². The molecule has 0 spiro atoms. The van der Waals surface area contributed by atoms with Crippen molar-refractivity contribution in [3.63, 3.8) is 0 Å². The Kier molecular flexibility index (Phi) is 8.46. The van der Waals surface area contributed by atoms with Crippen LogP contribution in [0.3, 0.4) is 0 Å². The Morgan fingerprint density at radius 1 is 1.37 bits per heavy atom. The van der Waals surface area contributed by atoms with E-state index in [1.807, 2.05) is 17.8 Å². The van der Waals surface area contributed by atoms with Crippen LogP contribution in [0.25, 0.3) is 0 Å². The maximum absolute atomic E-state index is 11.3. The Hall–Kier alpha value is -2.13. The SMILES string of the molecule is CCNC=[N+]1CCOC(O/N=C(/C#N)C(=O)OCC)C1.F[P-](F)(F)(F)(F)F. The summed E-state index contributed by atoms with van der Waals surface area (Å²) in [6.07, 6.45) is 1.22. The van der Waals surface area contributed by atoms with Gasteiger partial charge in [0.2, 0.25) is 6.34 Å². The van der Waals surface area contributed by atoms with Crippen molar-refractivity contribution in [3.05, 3.63) is 0 Å². The van der Waals surface area contributed by atoms with Crippen molar-refractivity contribution >= 4 is 25.8 Å². The van der Waals surface area contributed by atoms with Crippen molar-refractivity contribution in [2.24, 2.45) is 5.16 Å². The van der Waals surface area contributed by atoms with Gasteiger partial charge in [-0.2, -0.15) is 5.26 Å². The number of halogens is 6. The monoisotopic (exact) mass is 428 g/mol. The van der Waals surface area contributed by atoms with Crippen LogP contribution in [0.15, 0.2) is 5.16 Å².